The zero-order valence-electron chi connectivity index (χ0n) is 8.06. The monoisotopic (exact) mass is 270 g/mol. The van der Waals surface area contributed by atoms with Crippen molar-refractivity contribution in [1.29, 1.82) is 0 Å². The Hall–Kier alpha value is -0.940. The van der Waals surface area contributed by atoms with Crippen molar-refractivity contribution in [1.82, 2.24) is 9.88 Å². The van der Waals surface area contributed by atoms with Gasteiger partial charge in [0, 0.05) is 24.8 Å². The van der Waals surface area contributed by atoms with Crippen LogP contribution >= 0.6 is 15.9 Å². The summed E-state index contributed by atoms with van der Waals surface area (Å²) in [6.45, 7) is 1.05. The zero-order chi connectivity index (χ0) is 10.8. The smallest absolute Gasteiger partial charge is 0.254 e. The van der Waals surface area contributed by atoms with Crippen LogP contribution in [0.2, 0.25) is 0 Å². The number of pyridine rings is 1. The van der Waals surface area contributed by atoms with Crippen LogP contribution in [0, 0.1) is 0 Å². The van der Waals surface area contributed by atoms with Crippen LogP contribution in [-0.4, -0.2) is 40.1 Å². The fraction of sp³-hybridized carbons (Fsp3) is 0.400. The Balaban J connectivity index is 2.14. The number of hydrogen-bond acceptors (Lipinski definition) is 3. The highest BCUT2D eigenvalue weighted by Crippen LogP contribution is 2.15. The van der Waals surface area contributed by atoms with E-state index in [2.05, 4.69) is 20.9 Å². The predicted molar refractivity (Wildman–Crippen MR) is 58.5 cm³/mol. The van der Waals surface area contributed by atoms with Gasteiger partial charge in [0.25, 0.3) is 5.91 Å². The Morgan fingerprint density at radius 3 is 3.07 bits per heavy atom. The first-order chi connectivity index (χ1) is 7.16. The van der Waals surface area contributed by atoms with Gasteiger partial charge in [-0.1, -0.05) is 0 Å². The molecule has 0 aromatic carbocycles. The van der Waals surface area contributed by atoms with Crippen LogP contribution in [0.1, 0.15) is 16.8 Å². The number of aliphatic hydroxyl groups is 1. The summed E-state index contributed by atoms with van der Waals surface area (Å²) in [5.41, 5.74) is 0.603. The van der Waals surface area contributed by atoms with E-state index in [9.17, 15) is 9.90 Å². The van der Waals surface area contributed by atoms with Gasteiger partial charge in [-0.2, -0.15) is 0 Å². The van der Waals surface area contributed by atoms with Gasteiger partial charge >= 0.3 is 0 Å². The van der Waals surface area contributed by atoms with E-state index in [4.69, 9.17) is 0 Å². The lowest BCUT2D eigenvalue weighted by Gasteiger charge is -2.15. The highest BCUT2D eigenvalue weighted by atomic mass is 79.9. The van der Waals surface area contributed by atoms with Crippen molar-refractivity contribution in [3.8, 4) is 0 Å². The number of hydrogen-bond donors (Lipinski definition) is 1. The van der Waals surface area contributed by atoms with Crippen LogP contribution in [0.4, 0.5) is 0 Å². The fourth-order valence-corrected chi connectivity index (χ4v) is 2.01. The van der Waals surface area contributed by atoms with Gasteiger partial charge in [-0.15, -0.1) is 0 Å². The Bertz CT molecular complexity index is 383. The Kier molecular flexibility index (Phi) is 3.02. The number of likely N-dealkylation sites (tertiary alicyclic amines) is 1. The van der Waals surface area contributed by atoms with Crippen molar-refractivity contribution < 1.29 is 9.90 Å². The summed E-state index contributed by atoms with van der Waals surface area (Å²) >= 11 is 3.22. The summed E-state index contributed by atoms with van der Waals surface area (Å²) in [5.74, 6) is -0.0466. The standard InChI is InChI=1S/C10H11BrN2O2/c11-9-5-7(1-3-12-9)10(15)13-4-2-8(14)6-13/h1,3,5,8,14H,2,4,6H2/t8-/m1/s1. The molecule has 1 amide bonds. The van der Waals surface area contributed by atoms with Crippen LogP contribution in [0.3, 0.4) is 0 Å². The summed E-state index contributed by atoms with van der Waals surface area (Å²) in [6, 6.07) is 3.37. The molecule has 0 spiro atoms. The van der Waals surface area contributed by atoms with E-state index in [1.807, 2.05) is 0 Å². The third-order valence-electron chi connectivity index (χ3n) is 2.42. The summed E-state index contributed by atoms with van der Waals surface area (Å²) < 4.78 is 0.646. The summed E-state index contributed by atoms with van der Waals surface area (Å²) in [7, 11) is 0. The number of carbonyl (C=O) groups excluding carboxylic acids is 1. The van der Waals surface area contributed by atoms with Crippen molar-refractivity contribution in [2.24, 2.45) is 0 Å². The van der Waals surface area contributed by atoms with Gasteiger partial charge in [0.05, 0.1) is 6.10 Å². The minimum absolute atomic E-state index is 0.0466. The lowest BCUT2D eigenvalue weighted by Crippen LogP contribution is -2.29. The second-order valence-corrected chi connectivity index (χ2v) is 4.37. The molecule has 80 valence electrons. The lowest BCUT2D eigenvalue weighted by molar-refractivity contribution is 0.0765. The first-order valence-electron chi connectivity index (χ1n) is 4.76. The van der Waals surface area contributed by atoms with Gasteiger partial charge < -0.3 is 10.0 Å². The number of β-amino-alcohol motifs (C(OH)–C–C–N with tert-alkyl or cyclic N) is 1. The van der Waals surface area contributed by atoms with Crippen LogP contribution in [0.15, 0.2) is 22.9 Å². The van der Waals surface area contributed by atoms with Crippen LogP contribution in [0.25, 0.3) is 0 Å². The van der Waals surface area contributed by atoms with Crippen LogP contribution in [0.5, 0.6) is 0 Å². The molecule has 1 aromatic heterocycles. The third-order valence-corrected chi connectivity index (χ3v) is 2.86. The maximum atomic E-state index is 11.9. The molecule has 0 radical (unpaired) electrons. The molecule has 2 rings (SSSR count). The Morgan fingerprint density at radius 2 is 2.47 bits per heavy atom. The number of aromatic nitrogens is 1. The second kappa shape index (κ2) is 4.28. The van der Waals surface area contributed by atoms with E-state index in [0.29, 0.717) is 29.7 Å². The van der Waals surface area contributed by atoms with E-state index in [1.54, 1.807) is 23.2 Å². The van der Waals surface area contributed by atoms with Gasteiger partial charge in [0.1, 0.15) is 4.60 Å². The van der Waals surface area contributed by atoms with Gasteiger partial charge in [-0.3, -0.25) is 4.79 Å². The number of carbonyl (C=O) groups is 1. The molecule has 0 aliphatic carbocycles. The van der Waals surface area contributed by atoms with Gasteiger partial charge in [-0.05, 0) is 34.5 Å². The molecule has 1 aromatic rings. The number of nitrogens with zero attached hydrogens (tertiary/aromatic N) is 2. The minimum Gasteiger partial charge on any atom is -0.391 e. The molecule has 0 unspecified atom stereocenters. The Morgan fingerprint density at radius 1 is 1.67 bits per heavy atom. The minimum atomic E-state index is -0.376. The molecule has 1 atom stereocenters. The number of rotatable bonds is 1. The average Bonchev–Trinajstić information content (AvgIpc) is 2.64. The quantitative estimate of drug-likeness (QED) is 0.777. The van der Waals surface area contributed by atoms with E-state index in [-0.39, 0.29) is 12.0 Å². The normalized spacial score (nSPS) is 20.7. The molecule has 1 saturated heterocycles. The second-order valence-electron chi connectivity index (χ2n) is 3.56. The van der Waals surface area contributed by atoms with Crippen molar-refractivity contribution in [2.45, 2.75) is 12.5 Å². The molecular weight excluding hydrogens is 260 g/mol. The maximum Gasteiger partial charge on any atom is 0.254 e. The average molecular weight is 271 g/mol. The highest BCUT2D eigenvalue weighted by molar-refractivity contribution is 9.10. The number of amides is 1. The molecule has 1 aliphatic heterocycles. The number of halogens is 1. The topological polar surface area (TPSA) is 53.4 Å². The van der Waals surface area contributed by atoms with E-state index >= 15 is 0 Å². The molecule has 1 aliphatic rings. The molecule has 1 fully saturated rings. The molecule has 1 N–H and O–H groups in total. The first-order valence-corrected chi connectivity index (χ1v) is 5.55. The van der Waals surface area contributed by atoms with E-state index in [1.165, 1.54) is 0 Å². The van der Waals surface area contributed by atoms with E-state index in [0.717, 1.165) is 0 Å². The van der Waals surface area contributed by atoms with E-state index < -0.39 is 0 Å². The van der Waals surface area contributed by atoms with Crippen molar-refractivity contribution in [3.05, 3.63) is 28.5 Å². The molecule has 0 bridgehead atoms. The van der Waals surface area contributed by atoms with Crippen molar-refractivity contribution >= 4 is 21.8 Å². The molecule has 5 heteroatoms. The largest absolute Gasteiger partial charge is 0.391 e. The van der Waals surface area contributed by atoms with Gasteiger partial charge in [0.2, 0.25) is 0 Å². The van der Waals surface area contributed by atoms with Crippen LogP contribution < -0.4 is 0 Å². The summed E-state index contributed by atoms with van der Waals surface area (Å²) in [4.78, 5) is 17.5. The lowest BCUT2D eigenvalue weighted by atomic mass is 10.2. The highest BCUT2D eigenvalue weighted by Gasteiger charge is 2.25. The molecule has 4 nitrogen and oxygen atoms in total. The maximum absolute atomic E-state index is 11.9. The predicted octanol–water partition coefficient (Wildman–Crippen LogP) is 1.05. The number of aliphatic hydroxyl groups excluding tert-OH is 1. The summed E-state index contributed by atoms with van der Waals surface area (Å²) in [5, 5.41) is 9.33. The molecule has 2 heterocycles. The third kappa shape index (κ3) is 2.35. The Labute approximate surface area is 96.1 Å². The molecule has 0 saturated carbocycles. The van der Waals surface area contributed by atoms with Gasteiger partial charge in [-0.25, -0.2) is 4.98 Å². The fourth-order valence-electron chi connectivity index (χ4n) is 1.64. The summed E-state index contributed by atoms with van der Waals surface area (Å²) in [6.07, 6.45) is 1.88. The first kappa shape index (κ1) is 10.6. The molecular formula is C10H11BrN2O2. The van der Waals surface area contributed by atoms with Crippen LogP contribution in [-0.2, 0) is 0 Å². The van der Waals surface area contributed by atoms with Crippen molar-refractivity contribution in [2.75, 3.05) is 13.1 Å². The van der Waals surface area contributed by atoms with Crippen molar-refractivity contribution in [3.63, 3.8) is 0 Å². The van der Waals surface area contributed by atoms with Gasteiger partial charge in [0.15, 0.2) is 0 Å². The molecule has 15 heavy (non-hydrogen) atoms. The SMILES string of the molecule is O=C(c1ccnc(Br)c1)N1CC[C@@H](O)C1. The zero-order valence-corrected chi connectivity index (χ0v) is 9.64.